The van der Waals surface area contributed by atoms with Gasteiger partial charge in [0.1, 0.15) is 5.02 Å². The Bertz CT molecular complexity index is 1500. The zero-order valence-corrected chi connectivity index (χ0v) is 22.6. The molecule has 0 bridgehead atoms. The smallest absolute Gasteiger partial charge is 0.316 e. The van der Waals surface area contributed by atoms with E-state index in [0.29, 0.717) is 23.3 Å². The molecule has 4 rings (SSSR count). The number of benzene rings is 1. The first-order chi connectivity index (χ1) is 18.4. The van der Waals surface area contributed by atoms with E-state index in [9.17, 15) is 23.2 Å². The van der Waals surface area contributed by atoms with E-state index in [2.05, 4.69) is 20.6 Å². The summed E-state index contributed by atoms with van der Waals surface area (Å²) in [5, 5.41) is 5.95. The molecule has 0 saturated carbocycles. The molecule has 39 heavy (non-hydrogen) atoms. The second-order valence-electron chi connectivity index (χ2n) is 9.79. The van der Waals surface area contributed by atoms with Gasteiger partial charge in [0.05, 0.1) is 17.2 Å². The van der Waals surface area contributed by atoms with Crippen molar-refractivity contribution < 1.29 is 13.6 Å². The van der Waals surface area contributed by atoms with Crippen LogP contribution >= 0.6 is 11.6 Å². The Morgan fingerprint density at radius 2 is 1.87 bits per heavy atom. The van der Waals surface area contributed by atoms with E-state index in [4.69, 9.17) is 17.3 Å². The molecule has 1 aromatic carbocycles. The van der Waals surface area contributed by atoms with Crippen LogP contribution in [0, 0.1) is 11.8 Å². The van der Waals surface area contributed by atoms with Crippen LogP contribution in [-0.2, 0) is 18.4 Å². The fraction of sp³-hybridized carbons (Fsp3) is 0.480. The normalized spacial score (nSPS) is 18.8. The van der Waals surface area contributed by atoms with Crippen LogP contribution in [0.5, 0.6) is 0 Å². The van der Waals surface area contributed by atoms with E-state index >= 15 is 0 Å². The van der Waals surface area contributed by atoms with Gasteiger partial charge < -0.3 is 30.4 Å². The van der Waals surface area contributed by atoms with E-state index in [1.54, 1.807) is 23.1 Å². The maximum absolute atomic E-state index is 14.3. The Balaban J connectivity index is 1.66. The van der Waals surface area contributed by atoms with E-state index in [1.807, 2.05) is 0 Å². The van der Waals surface area contributed by atoms with Gasteiger partial charge >= 0.3 is 11.1 Å². The number of nitrogens with two attached hydrogens (primary N) is 1. The van der Waals surface area contributed by atoms with Crippen LogP contribution in [0.15, 0.2) is 34.0 Å². The summed E-state index contributed by atoms with van der Waals surface area (Å²) in [6.07, 6.45) is 1.38. The molecular formula is C25H31ClF2N8O3. The molecule has 1 aliphatic heterocycles. The average molecular weight is 565 g/mol. The van der Waals surface area contributed by atoms with Gasteiger partial charge in [-0.15, -0.1) is 0 Å². The Labute approximate surface area is 228 Å². The lowest BCUT2D eigenvalue weighted by atomic mass is 9.87. The van der Waals surface area contributed by atoms with E-state index in [0.717, 1.165) is 0 Å². The van der Waals surface area contributed by atoms with Gasteiger partial charge in [-0.3, -0.25) is 14.4 Å². The van der Waals surface area contributed by atoms with Crippen LogP contribution in [0.25, 0.3) is 11.0 Å². The number of rotatable bonds is 8. The lowest BCUT2D eigenvalue weighted by molar-refractivity contribution is -0.121. The molecule has 0 spiro atoms. The minimum atomic E-state index is -2.78. The third-order valence-electron chi connectivity index (χ3n) is 6.97. The third-order valence-corrected chi connectivity index (χ3v) is 7.25. The summed E-state index contributed by atoms with van der Waals surface area (Å²) in [7, 11) is 1.50. The molecule has 11 nitrogen and oxygen atoms in total. The molecule has 0 unspecified atom stereocenters. The first kappa shape index (κ1) is 28.4. The second kappa shape index (κ2) is 11.3. The van der Waals surface area contributed by atoms with Crippen LogP contribution in [0.1, 0.15) is 20.3 Å². The molecule has 1 fully saturated rings. The van der Waals surface area contributed by atoms with Crippen molar-refractivity contribution in [3.05, 3.63) is 50.1 Å². The van der Waals surface area contributed by atoms with Crippen LogP contribution in [-0.4, -0.2) is 57.1 Å². The maximum Gasteiger partial charge on any atom is 0.316 e. The molecule has 0 aliphatic carbocycles. The van der Waals surface area contributed by atoms with Crippen molar-refractivity contribution in [2.75, 3.05) is 36.4 Å². The van der Waals surface area contributed by atoms with Crippen molar-refractivity contribution in [3.63, 3.8) is 0 Å². The molecule has 2 aromatic heterocycles. The number of anilines is 3. The SMILES string of the molecule is C[C@@H]1CN(c2ncc(Cl)c(Nc3ccc4c(c3)n(CCC(=O)NCCN)c(=O)c(=O)n4C)n2)C[C@H](C)C1(F)F. The van der Waals surface area contributed by atoms with Crippen LogP contribution < -0.4 is 32.4 Å². The summed E-state index contributed by atoms with van der Waals surface area (Å²) in [6, 6.07) is 5.00. The molecule has 3 heterocycles. The van der Waals surface area contributed by atoms with Crippen molar-refractivity contribution in [3.8, 4) is 0 Å². The van der Waals surface area contributed by atoms with Crippen molar-refractivity contribution in [1.82, 2.24) is 24.4 Å². The van der Waals surface area contributed by atoms with Crippen LogP contribution in [0.3, 0.4) is 0 Å². The van der Waals surface area contributed by atoms with Crippen molar-refractivity contribution in [2.24, 2.45) is 24.6 Å². The summed E-state index contributed by atoms with van der Waals surface area (Å²) in [6.45, 7) is 3.76. The summed E-state index contributed by atoms with van der Waals surface area (Å²) in [4.78, 5) is 47.9. The van der Waals surface area contributed by atoms with E-state index in [1.165, 1.54) is 36.2 Å². The Morgan fingerprint density at radius 1 is 1.18 bits per heavy atom. The zero-order chi connectivity index (χ0) is 28.5. The number of amides is 1. The first-order valence-electron chi connectivity index (χ1n) is 12.6. The Morgan fingerprint density at radius 3 is 2.54 bits per heavy atom. The average Bonchev–Trinajstić information content (AvgIpc) is 2.90. The molecule has 1 saturated heterocycles. The molecule has 1 amide bonds. The number of fused-ring (bicyclic) bond motifs is 1. The number of carbonyl (C=O) groups excluding carboxylic acids is 1. The fourth-order valence-corrected chi connectivity index (χ4v) is 4.82. The summed E-state index contributed by atoms with van der Waals surface area (Å²) in [5.74, 6) is -4.32. The zero-order valence-electron chi connectivity index (χ0n) is 21.9. The van der Waals surface area contributed by atoms with Gasteiger partial charge in [0.15, 0.2) is 5.82 Å². The van der Waals surface area contributed by atoms with Crippen LogP contribution in [0.2, 0.25) is 5.02 Å². The topological polar surface area (TPSA) is 140 Å². The molecule has 2 atom stereocenters. The molecule has 210 valence electrons. The molecular weight excluding hydrogens is 534 g/mol. The number of nitrogens with one attached hydrogen (secondary N) is 2. The number of piperidine rings is 1. The van der Waals surface area contributed by atoms with Crippen molar-refractivity contribution in [1.29, 1.82) is 0 Å². The Kier molecular flexibility index (Phi) is 8.21. The Hall–Kier alpha value is -3.58. The quantitative estimate of drug-likeness (QED) is 0.353. The van der Waals surface area contributed by atoms with Crippen molar-refractivity contribution >= 4 is 46.0 Å². The van der Waals surface area contributed by atoms with Gasteiger partial charge in [-0.25, -0.2) is 13.8 Å². The highest BCUT2D eigenvalue weighted by atomic mass is 35.5. The third kappa shape index (κ3) is 5.74. The monoisotopic (exact) mass is 564 g/mol. The van der Waals surface area contributed by atoms with Gasteiger partial charge in [0.2, 0.25) is 11.9 Å². The first-order valence-corrected chi connectivity index (χ1v) is 12.9. The van der Waals surface area contributed by atoms with Gasteiger partial charge in [0.25, 0.3) is 5.92 Å². The second-order valence-corrected chi connectivity index (χ2v) is 10.2. The van der Waals surface area contributed by atoms with E-state index < -0.39 is 28.9 Å². The molecule has 1 aliphatic rings. The number of nitrogens with zero attached hydrogens (tertiary/aromatic N) is 5. The highest BCUT2D eigenvalue weighted by Crippen LogP contribution is 2.38. The predicted octanol–water partition coefficient (Wildman–Crippen LogP) is 2.08. The molecule has 3 aromatic rings. The van der Waals surface area contributed by atoms with E-state index in [-0.39, 0.29) is 55.3 Å². The van der Waals surface area contributed by atoms with Gasteiger partial charge in [-0.1, -0.05) is 25.4 Å². The number of hydrogen-bond donors (Lipinski definition) is 3. The maximum atomic E-state index is 14.3. The predicted molar refractivity (Wildman–Crippen MR) is 146 cm³/mol. The summed E-state index contributed by atoms with van der Waals surface area (Å²) in [5.41, 5.74) is 5.34. The molecule has 14 heteroatoms. The molecule has 0 radical (unpaired) electrons. The largest absolute Gasteiger partial charge is 0.355 e. The number of halogens is 3. The highest BCUT2D eigenvalue weighted by Gasteiger charge is 2.47. The highest BCUT2D eigenvalue weighted by molar-refractivity contribution is 6.32. The minimum Gasteiger partial charge on any atom is -0.355 e. The lowest BCUT2D eigenvalue weighted by Crippen LogP contribution is -2.52. The summed E-state index contributed by atoms with van der Waals surface area (Å²) < 4.78 is 31.2. The fourth-order valence-electron chi connectivity index (χ4n) is 4.68. The minimum absolute atomic E-state index is 0.0142. The van der Waals surface area contributed by atoms with Gasteiger partial charge in [-0.05, 0) is 18.2 Å². The number of carbonyl (C=O) groups is 1. The number of alkyl halides is 2. The number of aryl methyl sites for hydroxylation is 2. The number of hydrogen-bond acceptors (Lipinski definition) is 8. The van der Waals surface area contributed by atoms with Gasteiger partial charge in [-0.2, -0.15) is 4.98 Å². The molecule has 4 N–H and O–H groups in total. The van der Waals surface area contributed by atoms with Crippen molar-refractivity contribution in [2.45, 2.75) is 32.7 Å². The number of aromatic nitrogens is 4. The summed E-state index contributed by atoms with van der Waals surface area (Å²) >= 11 is 6.35. The lowest BCUT2D eigenvalue weighted by Gasteiger charge is -2.41. The van der Waals surface area contributed by atoms with Gasteiger partial charge in [0, 0.05) is 63.7 Å². The standard InChI is InChI=1S/C25H31ClF2N8O3/c1-14-12-35(13-15(2)25(14,27)28)24-31-11-17(26)21(33-24)32-16-4-5-18-19(10-16)36(23(39)22(38)34(18)3)9-6-20(37)30-8-7-29/h4-5,10-11,14-15H,6-9,12-13,29H2,1-3H3,(H,30,37)(H,31,32,33)/t14-,15+. The van der Waals surface area contributed by atoms with Crippen LogP contribution in [0.4, 0.5) is 26.2 Å².